The number of hydrogen-bond acceptors (Lipinski definition) is 3. The van der Waals surface area contributed by atoms with Gasteiger partial charge in [0.1, 0.15) is 0 Å². The number of carbonyl (C=O) groups excluding carboxylic acids is 1. The number of carboxylic acids is 1. The van der Waals surface area contributed by atoms with Gasteiger partial charge in [0.25, 0.3) is 0 Å². The summed E-state index contributed by atoms with van der Waals surface area (Å²) in [5, 5.41) is 13.3. The van der Waals surface area contributed by atoms with Crippen molar-refractivity contribution in [1.82, 2.24) is 5.32 Å². The van der Waals surface area contributed by atoms with Gasteiger partial charge in [-0.2, -0.15) is 0 Å². The van der Waals surface area contributed by atoms with E-state index in [1.54, 1.807) is 0 Å². The molecule has 4 heteroatoms. The van der Waals surface area contributed by atoms with Crippen molar-refractivity contribution in [2.45, 2.75) is 32.1 Å². The third-order valence-corrected chi connectivity index (χ3v) is 2.65. The first-order valence-corrected chi connectivity index (χ1v) is 6.23. The number of carboxylic acid groups (broad SMARTS) is 1. The average Bonchev–Trinajstić information content (AvgIpc) is 2.88. The Hall–Kier alpha value is 0.286. The summed E-state index contributed by atoms with van der Waals surface area (Å²) in [6.07, 6.45) is 4.40. The van der Waals surface area contributed by atoms with Crippen LogP contribution in [-0.2, 0) is 11.2 Å². The first kappa shape index (κ1) is 18.3. The molecule has 2 rings (SSSR count). The molecular weight excluding hydrogens is 253 g/mol. The van der Waals surface area contributed by atoms with E-state index in [-0.39, 0.29) is 57.8 Å². The van der Waals surface area contributed by atoms with Gasteiger partial charge in [-0.05, 0) is 50.8 Å². The van der Waals surface area contributed by atoms with Gasteiger partial charge >= 0.3 is 51.4 Å². The van der Waals surface area contributed by atoms with Crippen LogP contribution in [0.5, 0.6) is 0 Å². The van der Waals surface area contributed by atoms with E-state index >= 15 is 0 Å². The molecule has 0 amide bonds. The van der Waals surface area contributed by atoms with Gasteiger partial charge in [0.15, 0.2) is 0 Å². The van der Waals surface area contributed by atoms with Crippen LogP contribution in [0.3, 0.4) is 0 Å². The molecule has 0 atom stereocenters. The normalized spacial score (nSPS) is 13.1. The van der Waals surface area contributed by atoms with E-state index in [9.17, 15) is 9.90 Å². The SMILES string of the molecule is C1CCNC1.O=C([O-])CCCc1ccccc1.[K+]. The molecule has 1 fully saturated rings. The first-order valence-electron chi connectivity index (χ1n) is 6.23. The molecule has 1 aromatic rings. The zero-order chi connectivity index (χ0) is 12.3. The van der Waals surface area contributed by atoms with Crippen molar-refractivity contribution in [1.29, 1.82) is 0 Å². The fourth-order valence-corrected chi connectivity index (χ4v) is 1.71. The Bertz CT molecular complexity index is 305. The monoisotopic (exact) mass is 273 g/mol. The van der Waals surface area contributed by atoms with Crippen molar-refractivity contribution in [2.24, 2.45) is 0 Å². The number of rotatable bonds is 4. The van der Waals surface area contributed by atoms with Crippen molar-refractivity contribution in [2.75, 3.05) is 13.1 Å². The van der Waals surface area contributed by atoms with Gasteiger partial charge < -0.3 is 15.2 Å². The maximum absolute atomic E-state index is 10.1. The summed E-state index contributed by atoms with van der Waals surface area (Å²) in [5.41, 5.74) is 1.18. The van der Waals surface area contributed by atoms with Crippen molar-refractivity contribution in [3.05, 3.63) is 35.9 Å². The summed E-state index contributed by atoms with van der Waals surface area (Å²) < 4.78 is 0. The molecule has 1 aliphatic rings. The second-order valence-electron chi connectivity index (χ2n) is 4.17. The van der Waals surface area contributed by atoms with E-state index in [1.165, 1.54) is 31.5 Å². The zero-order valence-electron chi connectivity index (χ0n) is 11.2. The fourth-order valence-electron chi connectivity index (χ4n) is 1.71. The van der Waals surface area contributed by atoms with Crippen molar-refractivity contribution in [3.8, 4) is 0 Å². The van der Waals surface area contributed by atoms with Crippen molar-refractivity contribution < 1.29 is 61.3 Å². The molecule has 0 saturated carbocycles. The molecule has 1 N–H and O–H groups in total. The third kappa shape index (κ3) is 10.2. The molecule has 18 heavy (non-hydrogen) atoms. The largest absolute Gasteiger partial charge is 1.00 e. The second kappa shape index (κ2) is 12.3. The summed E-state index contributed by atoms with van der Waals surface area (Å²) in [4.78, 5) is 10.1. The quantitative estimate of drug-likeness (QED) is 0.654. The Kier molecular flexibility index (Phi) is 12.5. The van der Waals surface area contributed by atoms with Gasteiger partial charge in [-0.15, -0.1) is 0 Å². The molecule has 1 aliphatic heterocycles. The summed E-state index contributed by atoms with van der Waals surface area (Å²) in [6, 6.07) is 9.84. The van der Waals surface area contributed by atoms with Gasteiger partial charge in [0.2, 0.25) is 0 Å². The molecule has 0 bridgehead atoms. The van der Waals surface area contributed by atoms with Crippen molar-refractivity contribution >= 4 is 5.97 Å². The van der Waals surface area contributed by atoms with Crippen LogP contribution in [0.1, 0.15) is 31.2 Å². The van der Waals surface area contributed by atoms with Crippen LogP contribution < -0.4 is 61.8 Å². The van der Waals surface area contributed by atoms with E-state index in [1.807, 2.05) is 30.3 Å². The van der Waals surface area contributed by atoms with Crippen LogP contribution in [0.25, 0.3) is 0 Å². The smallest absolute Gasteiger partial charge is 0.550 e. The fraction of sp³-hybridized carbons (Fsp3) is 0.500. The van der Waals surface area contributed by atoms with Gasteiger partial charge in [-0.1, -0.05) is 30.3 Å². The average molecular weight is 273 g/mol. The summed E-state index contributed by atoms with van der Waals surface area (Å²) >= 11 is 0. The molecule has 1 saturated heterocycles. The maximum Gasteiger partial charge on any atom is 1.00 e. The standard InChI is InChI=1S/C10H12O2.C4H9N.K/c11-10(12)8-4-7-9-5-2-1-3-6-9;1-2-4-5-3-1;/h1-3,5-6H,4,7-8H2,(H,11,12);5H,1-4H2;/q;;+1/p-1. The van der Waals surface area contributed by atoms with E-state index in [0.717, 1.165) is 6.42 Å². The summed E-state index contributed by atoms with van der Waals surface area (Å²) in [5.74, 6) is -0.967. The topological polar surface area (TPSA) is 52.2 Å². The van der Waals surface area contributed by atoms with Crippen LogP contribution in [0.2, 0.25) is 0 Å². The van der Waals surface area contributed by atoms with Crippen LogP contribution in [0, 0.1) is 0 Å². The predicted molar refractivity (Wildman–Crippen MR) is 66.5 cm³/mol. The van der Waals surface area contributed by atoms with Crippen molar-refractivity contribution in [3.63, 3.8) is 0 Å². The predicted octanol–water partition coefficient (Wildman–Crippen LogP) is -1.87. The molecule has 0 unspecified atom stereocenters. The minimum atomic E-state index is -0.967. The molecule has 1 heterocycles. The summed E-state index contributed by atoms with van der Waals surface area (Å²) in [6.45, 7) is 2.50. The van der Waals surface area contributed by atoms with E-state index in [4.69, 9.17) is 0 Å². The maximum atomic E-state index is 10.1. The Balaban J connectivity index is 0.000000405. The minimum Gasteiger partial charge on any atom is -0.550 e. The van der Waals surface area contributed by atoms with Crippen LogP contribution in [-0.4, -0.2) is 19.1 Å². The molecule has 0 aromatic heterocycles. The Morgan fingerprint density at radius 2 is 1.78 bits per heavy atom. The molecule has 0 spiro atoms. The molecular formula is C14H20KNO2. The van der Waals surface area contributed by atoms with Gasteiger partial charge in [-0.25, -0.2) is 0 Å². The Labute approximate surface area is 152 Å². The molecule has 0 radical (unpaired) electrons. The minimum absolute atomic E-state index is 0. The zero-order valence-corrected chi connectivity index (χ0v) is 14.3. The second-order valence-corrected chi connectivity index (χ2v) is 4.17. The van der Waals surface area contributed by atoms with E-state index in [0.29, 0.717) is 6.42 Å². The molecule has 3 nitrogen and oxygen atoms in total. The number of benzene rings is 1. The van der Waals surface area contributed by atoms with Crippen LogP contribution in [0.15, 0.2) is 30.3 Å². The number of aliphatic carboxylic acids is 1. The number of aryl methyl sites for hydroxylation is 1. The third-order valence-electron chi connectivity index (χ3n) is 2.65. The number of hydrogen-bond donors (Lipinski definition) is 1. The molecule has 0 aliphatic carbocycles. The van der Waals surface area contributed by atoms with Gasteiger partial charge in [0, 0.05) is 5.97 Å². The Morgan fingerprint density at radius 1 is 1.17 bits per heavy atom. The van der Waals surface area contributed by atoms with Gasteiger partial charge in [-0.3, -0.25) is 0 Å². The first-order chi connectivity index (χ1) is 8.29. The van der Waals surface area contributed by atoms with Gasteiger partial charge in [0.05, 0.1) is 0 Å². The Morgan fingerprint density at radius 3 is 2.22 bits per heavy atom. The van der Waals surface area contributed by atoms with Crippen LogP contribution in [0.4, 0.5) is 0 Å². The number of carbonyl (C=O) groups is 1. The van der Waals surface area contributed by atoms with E-state index < -0.39 is 5.97 Å². The van der Waals surface area contributed by atoms with E-state index in [2.05, 4.69) is 5.32 Å². The number of nitrogens with one attached hydrogen (secondary N) is 1. The van der Waals surface area contributed by atoms with Crippen LogP contribution >= 0.6 is 0 Å². The molecule has 94 valence electrons. The molecule has 1 aromatic carbocycles. The summed E-state index contributed by atoms with van der Waals surface area (Å²) in [7, 11) is 0.